The molecule has 5 aromatic heterocycles. The molecule has 0 atom stereocenters. The van der Waals surface area contributed by atoms with Crippen LogP contribution in [0.3, 0.4) is 0 Å². The molecule has 6 aromatic rings. The van der Waals surface area contributed by atoms with E-state index in [2.05, 4.69) is 41.5 Å². The minimum atomic E-state index is 0.0712. The number of benzene rings is 1. The Morgan fingerprint density at radius 3 is 2.70 bits per heavy atom. The predicted octanol–water partition coefficient (Wildman–Crippen LogP) is 5.36. The van der Waals surface area contributed by atoms with E-state index in [1.54, 1.807) is 24.8 Å². The fourth-order valence-corrected chi connectivity index (χ4v) is 4.73. The Labute approximate surface area is 211 Å². The highest BCUT2D eigenvalue weighted by molar-refractivity contribution is 5.98. The number of imidazole rings is 1. The Balaban J connectivity index is 1.26. The second-order valence-electron chi connectivity index (χ2n) is 9.29. The summed E-state index contributed by atoms with van der Waals surface area (Å²) in [4.78, 5) is 33.7. The van der Waals surface area contributed by atoms with Crippen molar-refractivity contribution in [3.63, 3.8) is 0 Å². The average molecular weight is 487 g/mol. The molecule has 0 bridgehead atoms. The highest BCUT2D eigenvalue weighted by Crippen LogP contribution is 2.33. The number of carbonyl (C=O) groups excluding carboxylic acids is 1. The van der Waals surface area contributed by atoms with Gasteiger partial charge in [0.15, 0.2) is 11.5 Å². The number of amides is 1. The van der Waals surface area contributed by atoms with Gasteiger partial charge in [0.2, 0.25) is 5.91 Å². The van der Waals surface area contributed by atoms with E-state index in [1.165, 1.54) is 0 Å². The van der Waals surface area contributed by atoms with E-state index < -0.39 is 0 Å². The molecule has 0 unspecified atom stereocenters. The fourth-order valence-electron chi connectivity index (χ4n) is 4.73. The van der Waals surface area contributed by atoms with Gasteiger partial charge in [-0.1, -0.05) is 18.6 Å². The molecule has 9 nitrogen and oxygen atoms in total. The van der Waals surface area contributed by atoms with Gasteiger partial charge in [-0.2, -0.15) is 5.10 Å². The second-order valence-corrected chi connectivity index (χ2v) is 9.29. The molecule has 5 heterocycles. The lowest BCUT2D eigenvalue weighted by molar-refractivity contribution is -0.122. The number of aromatic amines is 2. The summed E-state index contributed by atoms with van der Waals surface area (Å²) >= 11 is 0. The maximum absolute atomic E-state index is 12.4. The second kappa shape index (κ2) is 8.63. The van der Waals surface area contributed by atoms with Crippen LogP contribution in [-0.4, -0.2) is 41.0 Å². The van der Waals surface area contributed by atoms with Gasteiger partial charge in [-0.25, -0.2) is 9.97 Å². The maximum Gasteiger partial charge on any atom is 0.227 e. The van der Waals surface area contributed by atoms with Gasteiger partial charge in [0.1, 0.15) is 11.2 Å². The van der Waals surface area contributed by atoms with Crippen molar-refractivity contribution in [1.82, 2.24) is 35.1 Å². The molecular formula is C28H22N8O. The molecule has 9 heteroatoms. The molecule has 1 aliphatic rings. The van der Waals surface area contributed by atoms with E-state index in [0.29, 0.717) is 22.9 Å². The predicted molar refractivity (Wildman–Crippen MR) is 141 cm³/mol. The van der Waals surface area contributed by atoms with Crippen molar-refractivity contribution < 1.29 is 4.79 Å². The summed E-state index contributed by atoms with van der Waals surface area (Å²) in [7, 11) is 0. The molecule has 0 saturated heterocycles. The average Bonchev–Trinajstić information content (AvgIpc) is 3.52. The Morgan fingerprint density at radius 2 is 1.86 bits per heavy atom. The summed E-state index contributed by atoms with van der Waals surface area (Å²) in [6.45, 7) is 0. The zero-order valence-electron chi connectivity index (χ0n) is 19.8. The van der Waals surface area contributed by atoms with Gasteiger partial charge in [-0.15, -0.1) is 0 Å². The zero-order valence-corrected chi connectivity index (χ0v) is 19.8. The summed E-state index contributed by atoms with van der Waals surface area (Å²) < 4.78 is 0. The van der Waals surface area contributed by atoms with Crippen LogP contribution in [0.5, 0.6) is 0 Å². The first-order valence-electron chi connectivity index (χ1n) is 12.2. The van der Waals surface area contributed by atoms with Crippen LogP contribution in [0, 0.1) is 5.92 Å². The summed E-state index contributed by atoms with van der Waals surface area (Å²) in [6, 6.07) is 13.9. The molecule has 7 rings (SSSR count). The Bertz CT molecular complexity index is 1770. The van der Waals surface area contributed by atoms with E-state index in [9.17, 15) is 4.79 Å². The first-order chi connectivity index (χ1) is 18.2. The van der Waals surface area contributed by atoms with Gasteiger partial charge >= 0.3 is 0 Å². The number of pyridine rings is 3. The van der Waals surface area contributed by atoms with E-state index in [4.69, 9.17) is 4.98 Å². The van der Waals surface area contributed by atoms with Crippen LogP contribution in [0.4, 0.5) is 5.69 Å². The van der Waals surface area contributed by atoms with Crippen LogP contribution >= 0.6 is 0 Å². The molecule has 180 valence electrons. The smallest absolute Gasteiger partial charge is 0.227 e. The number of hydrogen-bond acceptors (Lipinski definition) is 6. The van der Waals surface area contributed by atoms with Crippen molar-refractivity contribution in [3.05, 3.63) is 73.4 Å². The van der Waals surface area contributed by atoms with Crippen molar-refractivity contribution in [2.75, 3.05) is 5.32 Å². The number of rotatable bonds is 5. The number of aromatic nitrogens is 7. The highest BCUT2D eigenvalue weighted by atomic mass is 16.1. The zero-order chi connectivity index (χ0) is 24.8. The summed E-state index contributed by atoms with van der Waals surface area (Å²) in [5.41, 5.74) is 7.54. The van der Waals surface area contributed by atoms with Crippen molar-refractivity contribution in [2.24, 2.45) is 5.92 Å². The third-order valence-corrected chi connectivity index (χ3v) is 6.96. The quantitative estimate of drug-likeness (QED) is 0.301. The number of nitrogens with zero attached hydrogens (tertiary/aromatic N) is 5. The van der Waals surface area contributed by atoms with E-state index in [-0.39, 0.29) is 11.8 Å². The van der Waals surface area contributed by atoms with Crippen LogP contribution < -0.4 is 5.32 Å². The molecule has 0 radical (unpaired) electrons. The van der Waals surface area contributed by atoms with Crippen LogP contribution in [0.25, 0.3) is 55.8 Å². The van der Waals surface area contributed by atoms with Gasteiger partial charge in [0.25, 0.3) is 0 Å². The Morgan fingerprint density at radius 1 is 0.946 bits per heavy atom. The minimum Gasteiger partial charge on any atom is -0.324 e. The van der Waals surface area contributed by atoms with Crippen LogP contribution in [0.2, 0.25) is 0 Å². The van der Waals surface area contributed by atoms with Crippen LogP contribution in [0.1, 0.15) is 19.3 Å². The standard InChI is InChI=1S/C28H22N8O/c37-28(16-3-1-4-16)32-20-11-19(14-30-15-20)17-6-7-23-22(12-17)25(36-35-23)27-33-24-21(8-10-31-26(24)34-27)18-5-2-9-29-13-18/h2,5-16H,1,3-4H2,(H,32,37)(H,35,36)(H,31,33,34). The molecule has 3 N–H and O–H groups in total. The fraction of sp³-hybridized carbons (Fsp3) is 0.143. The molecule has 37 heavy (non-hydrogen) atoms. The van der Waals surface area contributed by atoms with Crippen LogP contribution in [-0.2, 0) is 4.79 Å². The molecule has 0 aliphatic heterocycles. The van der Waals surface area contributed by atoms with E-state index in [0.717, 1.165) is 57.9 Å². The number of H-pyrrole nitrogens is 2. The molecule has 1 amide bonds. The van der Waals surface area contributed by atoms with Gasteiger partial charge in [0, 0.05) is 52.8 Å². The number of nitrogens with one attached hydrogen (secondary N) is 3. The molecular weight excluding hydrogens is 464 g/mol. The Hall–Kier alpha value is -4.92. The highest BCUT2D eigenvalue weighted by Gasteiger charge is 2.25. The summed E-state index contributed by atoms with van der Waals surface area (Å²) in [5, 5.41) is 11.6. The molecule has 1 aliphatic carbocycles. The monoisotopic (exact) mass is 486 g/mol. The summed E-state index contributed by atoms with van der Waals surface area (Å²) in [5.74, 6) is 0.814. The van der Waals surface area contributed by atoms with Crippen LogP contribution in [0.15, 0.2) is 73.4 Å². The Kier molecular flexibility index (Phi) is 4.99. The van der Waals surface area contributed by atoms with Gasteiger partial charge < -0.3 is 10.3 Å². The van der Waals surface area contributed by atoms with E-state index in [1.807, 2.05) is 42.6 Å². The third-order valence-electron chi connectivity index (χ3n) is 6.96. The maximum atomic E-state index is 12.4. The number of fused-ring (bicyclic) bond motifs is 2. The largest absolute Gasteiger partial charge is 0.324 e. The SMILES string of the molecule is O=C(Nc1cncc(-c2ccc3[nH]nc(-c4nc5c(-c6cccnc6)ccnc5[nH]4)c3c2)c1)C1CCC1. The molecule has 0 spiro atoms. The number of anilines is 1. The van der Waals surface area contributed by atoms with Crippen molar-refractivity contribution in [2.45, 2.75) is 19.3 Å². The first-order valence-corrected chi connectivity index (χ1v) is 12.2. The lowest BCUT2D eigenvalue weighted by Crippen LogP contribution is -2.28. The number of carbonyl (C=O) groups is 1. The molecule has 1 aromatic carbocycles. The third kappa shape index (κ3) is 3.81. The van der Waals surface area contributed by atoms with Crippen molar-refractivity contribution >= 4 is 33.7 Å². The lowest BCUT2D eigenvalue weighted by atomic mass is 9.85. The van der Waals surface area contributed by atoms with Gasteiger partial charge in [-0.3, -0.25) is 19.9 Å². The number of hydrogen-bond donors (Lipinski definition) is 3. The van der Waals surface area contributed by atoms with E-state index >= 15 is 0 Å². The first kappa shape index (κ1) is 21.4. The van der Waals surface area contributed by atoms with Crippen molar-refractivity contribution in [1.29, 1.82) is 0 Å². The molecule has 1 saturated carbocycles. The molecule has 1 fully saturated rings. The minimum absolute atomic E-state index is 0.0712. The lowest BCUT2D eigenvalue weighted by Gasteiger charge is -2.24. The summed E-state index contributed by atoms with van der Waals surface area (Å²) in [6.07, 6.45) is 11.8. The van der Waals surface area contributed by atoms with Gasteiger partial charge in [-0.05, 0) is 48.7 Å². The normalized spacial score (nSPS) is 13.6. The van der Waals surface area contributed by atoms with Gasteiger partial charge in [0.05, 0.1) is 17.4 Å². The van der Waals surface area contributed by atoms with Crippen molar-refractivity contribution in [3.8, 4) is 33.8 Å². The topological polar surface area (TPSA) is 125 Å².